The second-order valence-corrected chi connectivity index (χ2v) is 5.99. The van der Waals surface area contributed by atoms with Gasteiger partial charge in [0.05, 0.1) is 6.10 Å². The molecule has 1 aliphatic rings. The first-order valence-corrected chi connectivity index (χ1v) is 7.60. The molecule has 0 bridgehead atoms. The number of aryl methyl sites for hydroxylation is 1. The minimum atomic E-state index is -0.169. The van der Waals surface area contributed by atoms with Crippen molar-refractivity contribution < 1.29 is 5.11 Å². The van der Waals surface area contributed by atoms with Gasteiger partial charge in [0.15, 0.2) is 0 Å². The summed E-state index contributed by atoms with van der Waals surface area (Å²) in [5.41, 5.74) is 2.72. The molecule has 0 aliphatic heterocycles. The molecule has 2 rings (SSSR count). The minimum Gasteiger partial charge on any atom is -0.392 e. The summed E-state index contributed by atoms with van der Waals surface area (Å²) in [5.74, 6) is 0.773. The first-order valence-electron chi connectivity index (χ1n) is 6.66. The van der Waals surface area contributed by atoms with Crippen LogP contribution in [0, 0.1) is 12.8 Å². The number of hydrogen-bond acceptors (Lipinski definition) is 3. The van der Waals surface area contributed by atoms with Gasteiger partial charge in [0.1, 0.15) is 0 Å². The largest absolute Gasteiger partial charge is 0.392 e. The molecule has 96 valence electrons. The molecule has 0 spiro atoms. The third kappa shape index (κ3) is 4.09. The highest BCUT2D eigenvalue weighted by Gasteiger charge is 2.18. The van der Waals surface area contributed by atoms with E-state index >= 15 is 0 Å². The predicted molar refractivity (Wildman–Crippen MR) is 73.3 cm³/mol. The summed E-state index contributed by atoms with van der Waals surface area (Å²) >= 11 is 1.75. The van der Waals surface area contributed by atoms with E-state index in [1.165, 1.54) is 36.8 Å². The van der Waals surface area contributed by atoms with Gasteiger partial charge in [0.2, 0.25) is 0 Å². The molecule has 1 aromatic heterocycles. The summed E-state index contributed by atoms with van der Waals surface area (Å²) < 4.78 is 0. The molecular formula is C14H23NOS. The second-order valence-electron chi connectivity index (χ2n) is 5.25. The lowest BCUT2D eigenvalue weighted by Gasteiger charge is -2.15. The Kier molecular flexibility index (Phi) is 5.01. The van der Waals surface area contributed by atoms with Crippen LogP contribution in [0.25, 0.3) is 0 Å². The summed E-state index contributed by atoms with van der Waals surface area (Å²) in [7, 11) is 0. The van der Waals surface area contributed by atoms with Crippen LogP contribution in [0.5, 0.6) is 0 Å². The van der Waals surface area contributed by atoms with Crippen molar-refractivity contribution in [2.24, 2.45) is 5.92 Å². The first kappa shape index (κ1) is 13.1. The Morgan fingerprint density at radius 1 is 1.41 bits per heavy atom. The summed E-state index contributed by atoms with van der Waals surface area (Å²) in [5, 5.41) is 17.7. The fourth-order valence-electron chi connectivity index (χ4n) is 2.66. The highest BCUT2D eigenvalue weighted by molar-refractivity contribution is 7.08. The molecule has 0 radical (unpaired) electrons. The smallest absolute Gasteiger partial charge is 0.0667 e. The van der Waals surface area contributed by atoms with Gasteiger partial charge in [-0.1, -0.05) is 25.7 Å². The Morgan fingerprint density at radius 2 is 2.18 bits per heavy atom. The summed E-state index contributed by atoms with van der Waals surface area (Å²) in [6.07, 6.45) is 6.17. The zero-order chi connectivity index (χ0) is 12.1. The van der Waals surface area contributed by atoms with Crippen LogP contribution < -0.4 is 5.32 Å². The molecule has 0 saturated heterocycles. The highest BCUT2D eigenvalue weighted by atomic mass is 32.1. The lowest BCUT2D eigenvalue weighted by atomic mass is 10.00. The molecule has 1 saturated carbocycles. The van der Waals surface area contributed by atoms with Gasteiger partial charge in [0, 0.05) is 13.1 Å². The number of rotatable bonds is 6. The summed E-state index contributed by atoms with van der Waals surface area (Å²) in [4.78, 5) is 0. The number of thiophene rings is 1. The molecule has 2 nitrogen and oxygen atoms in total. The number of nitrogens with one attached hydrogen (secondary N) is 1. The van der Waals surface area contributed by atoms with Crippen molar-refractivity contribution in [1.82, 2.24) is 5.32 Å². The zero-order valence-electron chi connectivity index (χ0n) is 10.6. The van der Waals surface area contributed by atoms with Gasteiger partial charge in [-0.3, -0.25) is 0 Å². The van der Waals surface area contributed by atoms with E-state index in [9.17, 15) is 5.11 Å². The Hall–Kier alpha value is -0.380. The van der Waals surface area contributed by atoms with Crippen molar-refractivity contribution >= 4 is 11.3 Å². The minimum absolute atomic E-state index is 0.169. The molecule has 0 amide bonds. The van der Waals surface area contributed by atoms with Crippen molar-refractivity contribution in [2.45, 2.75) is 51.7 Å². The second kappa shape index (κ2) is 6.53. The molecule has 17 heavy (non-hydrogen) atoms. The Labute approximate surface area is 108 Å². The average molecular weight is 253 g/mol. The van der Waals surface area contributed by atoms with Crippen molar-refractivity contribution in [2.75, 3.05) is 6.54 Å². The van der Waals surface area contributed by atoms with E-state index in [-0.39, 0.29) is 6.10 Å². The topological polar surface area (TPSA) is 32.3 Å². The third-order valence-electron chi connectivity index (χ3n) is 3.74. The van der Waals surface area contributed by atoms with Crippen LogP contribution in [0.1, 0.15) is 43.2 Å². The van der Waals surface area contributed by atoms with E-state index < -0.39 is 0 Å². The molecule has 1 aromatic rings. The molecule has 0 aromatic carbocycles. The monoisotopic (exact) mass is 253 g/mol. The number of aliphatic hydroxyl groups excluding tert-OH is 1. The average Bonchev–Trinajstić information content (AvgIpc) is 2.91. The summed E-state index contributed by atoms with van der Waals surface area (Å²) in [6.45, 7) is 3.76. The van der Waals surface area contributed by atoms with Gasteiger partial charge in [0.25, 0.3) is 0 Å². The van der Waals surface area contributed by atoms with Crippen molar-refractivity contribution in [3.63, 3.8) is 0 Å². The van der Waals surface area contributed by atoms with Crippen molar-refractivity contribution in [1.29, 1.82) is 0 Å². The quantitative estimate of drug-likeness (QED) is 0.816. The van der Waals surface area contributed by atoms with Gasteiger partial charge < -0.3 is 10.4 Å². The fourth-order valence-corrected chi connectivity index (χ4v) is 3.51. The van der Waals surface area contributed by atoms with E-state index in [1.807, 2.05) is 0 Å². The predicted octanol–water partition coefficient (Wildman–Crippen LogP) is 3.09. The standard InChI is InChI=1S/C14H23NOS/c1-11-9-17-10-13(11)7-15-8-14(16)6-12-4-2-3-5-12/h9-10,12,14-16H,2-8H2,1H3. The van der Waals surface area contributed by atoms with Crippen LogP contribution in [-0.4, -0.2) is 17.8 Å². The van der Waals surface area contributed by atoms with E-state index in [0.717, 1.165) is 25.4 Å². The van der Waals surface area contributed by atoms with Crippen molar-refractivity contribution in [3.8, 4) is 0 Å². The lowest BCUT2D eigenvalue weighted by molar-refractivity contribution is 0.140. The Balaban J connectivity index is 1.62. The van der Waals surface area contributed by atoms with E-state index in [2.05, 4.69) is 23.0 Å². The normalized spacial score (nSPS) is 18.7. The number of aliphatic hydroxyl groups is 1. The van der Waals surface area contributed by atoms with Gasteiger partial charge in [-0.2, -0.15) is 11.3 Å². The maximum absolute atomic E-state index is 9.95. The van der Waals surface area contributed by atoms with Gasteiger partial charge >= 0.3 is 0 Å². The van der Waals surface area contributed by atoms with Gasteiger partial charge in [-0.15, -0.1) is 0 Å². The molecule has 1 heterocycles. The SMILES string of the molecule is Cc1cscc1CNCC(O)CC1CCCC1. The molecule has 1 unspecified atom stereocenters. The van der Waals surface area contributed by atoms with Crippen LogP contribution in [0.2, 0.25) is 0 Å². The third-order valence-corrected chi connectivity index (χ3v) is 4.65. The van der Waals surface area contributed by atoms with Crippen LogP contribution in [0.3, 0.4) is 0 Å². The van der Waals surface area contributed by atoms with E-state index in [1.54, 1.807) is 11.3 Å². The fraction of sp³-hybridized carbons (Fsp3) is 0.714. The molecule has 3 heteroatoms. The zero-order valence-corrected chi connectivity index (χ0v) is 11.4. The van der Waals surface area contributed by atoms with Gasteiger partial charge in [-0.25, -0.2) is 0 Å². The van der Waals surface area contributed by atoms with E-state index in [0.29, 0.717) is 0 Å². The maximum Gasteiger partial charge on any atom is 0.0667 e. The maximum atomic E-state index is 9.95. The van der Waals surface area contributed by atoms with Crippen LogP contribution in [0.4, 0.5) is 0 Å². The Morgan fingerprint density at radius 3 is 2.82 bits per heavy atom. The molecule has 2 N–H and O–H groups in total. The first-order chi connectivity index (χ1) is 8.25. The van der Waals surface area contributed by atoms with Crippen molar-refractivity contribution in [3.05, 3.63) is 21.9 Å². The molecule has 1 fully saturated rings. The van der Waals surface area contributed by atoms with Crippen LogP contribution in [-0.2, 0) is 6.54 Å². The lowest BCUT2D eigenvalue weighted by Crippen LogP contribution is -2.28. The van der Waals surface area contributed by atoms with Crippen LogP contribution in [0.15, 0.2) is 10.8 Å². The molecule has 1 atom stereocenters. The Bertz CT molecular complexity index is 331. The highest BCUT2D eigenvalue weighted by Crippen LogP contribution is 2.28. The number of hydrogen-bond donors (Lipinski definition) is 2. The summed E-state index contributed by atoms with van der Waals surface area (Å²) in [6, 6.07) is 0. The van der Waals surface area contributed by atoms with E-state index in [4.69, 9.17) is 0 Å². The van der Waals surface area contributed by atoms with Crippen LogP contribution >= 0.6 is 11.3 Å². The van der Waals surface area contributed by atoms with Gasteiger partial charge in [-0.05, 0) is 41.1 Å². The molecular weight excluding hydrogens is 230 g/mol. The molecule has 1 aliphatic carbocycles.